The van der Waals surface area contributed by atoms with Gasteiger partial charge < -0.3 is 10.2 Å². The molecule has 0 bridgehead atoms. The molecule has 2 rings (SSSR count). The first-order chi connectivity index (χ1) is 8.15. The molecule has 0 unspecified atom stereocenters. The third-order valence-corrected chi connectivity index (χ3v) is 3.77. The summed E-state index contributed by atoms with van der Waals surface area (Å²) >= 11 is 7.87. The van der Waals surface area contributed by atoms with Crippen LogP contribution in [0.15, 0.2) is 0 Å². The number of anilines is 2. The average Bonchev–Trinajstić information content (AvgIpc) is 2.29. The van der Waals surface area contributed by atoms with Gasteiger partial charge in [-0.05, 0) is 35.9 Å². The summed E-state index contributed by atoms with van der Waals surface area (Å²) in [5.74, 6) is 3.54. The highest BCUT2D eigenvalue weighted by molar-refractivity contribution is 7.99. The Labute approximate surface area is 110 Å². The average molecular weight is 274 g/mol. The van der Waals surface area contributed by atoms with Crippen molar-refractivity contribution in [2.45, 2.75) is 18.9 Å². The van der Waals surface area contributed by atoms with E-state index in [2.05, 4.69) is 20.3 Å². The highest BCUT2D eigenvalue weighted by atomic mass is 35.5. The Morgan fingerprint density at radius 3 is 2.59 bits per heavy atom. The van der Waals surface area contributed by atoms with E-state index in [4.69, 9.17) is 11.6 Å². The van der Waals surface area contributed by atoms with Crippen LogP contribution in [0.1, 0.15) is 12.8 Å². The third-order valence-electron chi connectivity index (χ3n) is 2.55. The summed E-state index contributed by atoms with van der Waals surface area (Å²) in [5.41, 5.74) is 0. The third kappa shape index (κ3) is 3.61. The molecule has 7 heteroatoms. The molecule has 2 heterocycles. The van der Waals surface area contributed by atoms with Crippen LogP contribution in [0, 0.1) is 0 Å². The van der Waals surface area contributed by atoms with Crippen molar-refractivity contribution in [2.75, 3.05) is 35.8 Å². The molecule has 0 aromatic carbocycles. The van der Waals surface area contributed by atoms with Gasteiger partial charge in [-0.15, -0.1) is 0 Å². The molecule has 1 aromatic rings. The zero-order valence-corrected chi connectivity index (χ0v) is 11.6. The Hall–Kier alpha value is -0.750. The summed E-state index contributed by atoms with van der Waals surface area (Å²) < 4.78 is 0. The Balaban J connectivity index is 2.09. The number of aromatic nitrogens is 3. The van der Waals surface area contributed by atoms with Crippen LogP contribution < -0.4 is 10.2 Å². The lowest BCUT2D eigenvalue weighted by atomic mass is 10.2. The van der Waals surface area contributed by atoms with Crippen molar-refractivity contribution in [3.63, 3.8) is 0 Å². The van der Waals surface area contributed by atoms with Crippen LogP contribution in [0.25, 0.3) is 0 Å². The van der Waals surface area contributed by atoms with Gasteiger partial charge in [-0.2, -0.15) is 26.7 Å². The van der Waals surface area contributed by atoms with Crippen LogP contribution in [-0.2, 0) is 0 Å². The van der Waals surface area contributed by atoms with E-state index in [1.165, 1.54) is 11.5 Å². The van der Waals surface area contributed by atoms with Crippen LogP contribution in [0.5, 0.6) is 0 Å². The van der Waals surface area contributed by atoms with Crippen molar-refractivity contribution in [3.8, 4) is 0 Å². The van der Waals surface area contributed by atoms with Crippen LogP contribution >= 0.6 is 23.4 Å². The number of halogens is 1. The van der Waals surface area contributed by atoms with Crippen LogP contribution in [0.3, 0.4) is 0 Å². The first-order valence-corrected chi connectivity index (χ1v) is 7.11. The van der Waals surface area contributed by atoms with E-state index in [1.807, 2.05) is 30.8 Å². The number of thioether (sulfide) groups is 1. The molecule has 0 atom stereocenters. The van der Waals surface area contributed by atoms with Gasteiger partial charge in [0.2, 0.25) is 17.2 Å². The van der Waals surface area contributed by atoms with Crippen LogP contribution in [-0.4, -0.2) is 46.6 Å². The normalized spacial score (nSPS) is 16.9. The zero-order chi connectivity index (χ0) is 12.3. The maximum absolute atomic E-state index is 5.88. The molecule has 17 heavy (non-hydrogen) atoms. The molecule has 1 aliphatic rings. The molecule has 0 radical (unpaired) electrons. The number of rotatable bonds is 3. The van der Waals surface area contributed by atoms with Crippen molar-refractivity contribution in [2.24, 2.45) is 0 Å². The molecule has 0 spiro atoms. The molecule has 94 valence electrons. The molecule has 1 N–H and O–H groups in total. The topological polar surface area (TPSA) is 53.9 Å². The van der Waals surface area contributed by atoms with E-state index < -0.39 is 0 Å². The number of hydrogen-bond acceptors (Lipinski definition) is 6. The molecule has 1 aromatic heterocycles. The highest BCUT2D eigenvalue weighted by Crippen LogP contribution is 2.20. The smallest absolute Gasteiger partial charge is 0.230 e. The predicted molar refractivity (Wildman–Crippen MR) is 73.1 cm³/mol. The van der Waals surface area contributed by atoms with Gasteiger partial charge in [0.15, 0.2) is 0 Å². The van der Waals surface area contributed by atoms with Crippen molar-refractivity contribution < 1.29 is 0 Å². The molecule has 0 aliphatic carbocycles. The molecule has 1 aliphatic heterocycles. The van der Waals surface area contributed by atoms with E-state index in [1.54, 1.807) is 0 Å². The fourth-order valence-electron chi connectivity index (χ4n) is 1.63. The van der Waals surface area contributed by atoms with Gasteiger partial charge in [-0.25, -0.2) is 0 Å². The van der Waals surface area contributed by atoms with Gasteiger partial charge in [0, 0.05) is 20.1 Å². The van der Waals surface area contributed by atoms with E-state index in [9.17, 15) is 0 Å². The monoisotopic (exact) mass is 273 g/mol. The second kappa shape index (κ2) is 5.73. The minimum absolute atomic E-state index is 0.233. The van der Waals surface area contributed by atoms with E-state index >= 15 is 0 Å². The Morgan fingerprint density at radius 1 is 1.24 bits per heavy atom. The second-order valence-electron chi connectivity index (χ2n) is 4.15. The van der Waals surface area contributed by atoms with Gasteiger partial charge in [0.25, 0.3) is 0 Å². The van der Waals surface area contributed by atoms with E-state index in [0.717, 1.165) is 12.8 Å². The SMILES string of the molecule is CN(C)c1nc(Cl)nc(NC2CCSCC2)n1. The highest BCUT2D eigenvalue weighted by Gasteiger charge is 2.15. The van der Waals surface area contributed by atoms with Gasteiger partial charge >= 0.3 is 0 Å². The fraction of sp³-hybridized carbons (Fsp3) is 0.700. The molecule has 0 saturated carbocycles. The standard InChI is InChI=1S/C10H16ClN5S/c1-16(2)10-14-8(11)13-9(15-10)12-7-3-5-17-6-4-7/h7H,3-6H2,1-2H3,(H,12,13,14,15). The van der Waals surface area contributed by atoms with Gasteiger partial charge in [0.1, 0.15) is 0 Å². The van der Waals surface area contributed by atoms with Crippen LogP contribution in [0.2, 0.25) is 5.28 Å². The zero-order valence-electron chi connectivity index (χ0n) is 9.98. The number of nitrogens with one attached hydrogen (secondary N) is 1. The Bertz CT molecular complexity index is 381. The number of nitrogens with zero attached hydrogens (tertiary/aromatic N) is 4. The van der Waals surface area contributed by atoms with Crippen molar-refractivity contribution in [1.82, 2.24) is 15.0 Å². The van der Waals surface area contributed by atoms with Crippen molar-refractivity contribution in [3.05, 3.63) is 5.28 Å². The molecule has 0 amide bonds. The van der Waals surface area contributed by atoms with Crippen molar-refractivity contribution >= 4 is 35.3 Å². The first-order valence-electron chi connectivity index (χ1n) is 5.58. The predicted octanol–water partition coefficient (Wildman–Crippen LogP) is 1.90. The maximum atomic E-state index is 5.88. The fourth-order valence-corrected chi connectivity index (χ4v) is 2.89. The lowest BCUT2D eigenvalue weighted by molar-refractivity contribution is 0.659. The van der Waals surface area contributed by atoms with Gasteiger partial charge in [0.05, 0.1) is 0 Å². The van der Waals surface area contributed by atoms with Gasteiger partial charge in [-0.1, -0.05) is 0 Å². The summed E-state index contributed by atoms with van der Waals surface area (Å²) in [5, 5.41) is 3.56. The van der Waals surface area contributed by atoms with Gasteiger partial charge in [-0.3, -0.25) is 0 Å². The minimum Gasteiger partial charge on any atom is -0.351 e. The summed E-state index contributed by atoms with van der Waals surface area (Å²) in [7, 11) is 3.76. The summed E-state index contributed by atoms with van der Waals surface area (Å²) in [4.78, 5) is 14.3. The summed E-state index contributed by atoms with van der Waals surface area (Å²) in [6, 6.07) is 0.449. The lowest BCUT2D eigenvalue weighted by Crippen LogP contribution is -2.26. The molecule has 5 nitrogen and oxygen atoms in total. The molecular weight excluding hydrogens is 258 g/mol. The second-order valence-corrected chi connectivity index (χ2v) is 5.72. The maximum Gasteiger partial charge on any atom is 0.230 e. The number of hydrogen-bond donors (Lipinski definition) is 1. The van der Waals surface area contributed by atoms with E-state index in [0.29, 0.717) is 17.9 Å². The van der Waals surface area contributed by atoms with Crippen LogP contribution in [0.4, 0.5) is 11.9 Å². The lowest BCUT2D eigenvalue weighted by Gasteiger charge is -2.22. The van der Waals surface area contributed by atoms with Crippen molar-refractivity contribution in [1.29, 1.82) is 0 Å². The molecule has 1 fully saturated rings. The Morgan fingerprint density at radius 2 is 1.94 bits per heavy atom. The quantitative estimate of drug-likeness (QED) is 0.908. The summed E-state index contributed by atoms with van der Waals surface area (Å²) in [6.45, 7) is 0. The summed E-state index contributed by atoms with van der Waals surface area (Å²) in [6.07, 6.45) is 2.29. The largest absolute Gasteiger partial charge is 0.351 e. The molecule has 1 saturated heterocycles. The van der Waals surface area contributed by atoms with E-state index in [-0.39, 0.29) is 5.28 Å². The first kappa shape index (κ1) is 12.7. The minimum atomic E-state index is 0.233. The molecular formula is C10H16ClN5S. The Kier molecular flexibility index (Phi) is 4.28.